The summed E-state index contributed by atoms with van der Waals surface area (Å²) in [5, 5.41) is 5.46. The first kappa shape index (κ1) is 18.0. The van der Waals surface area contributed by atoms with E-state index in [1.807, 2.05) is 13.8 Å². The predicted molar refractivity (Wildman–Crippen MR) is 115 cm³/mol. The summed E-state index contributed by atoms with van der Waals surface area (Å²) in [6, 6.07) is 6.98. The zero-order valence-electron chi connectivity index (χ0n) is 16.8. The molecule has 0 saturated carbocycles. The second-order valence-electron chi connectivity index (χ2n) is 7.88. The number of nitrogens with one attached hydrogen (secondary N) is 3. The van der Waals surface area contributed by atoms with Gasteiger partial charge in [0.25, 0.3) is 0 Å². The topological polar surface area (TPSA) is 72.6 Å². The van der Waals surface area contributed by atoms with Crippen LogP contribution in [0.4, 0.5) is 16.2 Å². The molecule has 3 aromatic heterocycles. The van der Waals surface area contributed by atoms with E-state index in [9.17, 15) is 4.39 Å². The fraction of sp³-hybridized carbons (Fsp3) is 0.364. The van der Waals surface area contributed by atoms with Crippen LogP contribution >= 0.6 is 0 Å². The molecule has 0 radical (unpaired) electrons. The highest BCUT2D eigenvalue weighted by Gasteiger charge is 2.18. The van der Waals surface area contributed by atoms with Gasteiger partial charge in [-0.05, 0) is 62.9 Å². The van der Waals surface area contributed by atoms with E-state index < -0.39 is 0 Å². The van der Waals surface area contributed by atoms with Gasteiger partial charge in [0.05, 0.1) is 5.39 Å². The summed E-state index contributed by atoms with van der Waals surface area (Å²) in [6.07, 6.45) is 3.15. The standard InChI is InChI=1S/C22H25FN6/c1-13-11-18-20(27-22(28-21(18)25-13)29-9-3-4-10-29)24-8-7-16-14(2)26-19-6-5-15(23)12-17(16)19/h5-6,11-12,26H,3-4,7-10H2,1-2H3,(H2,24,25,27,28). The molecule has 5 rings (SSSR count). The van der Waals surface area contributed by atoms with Gasteiger partial charge in [-0.1, -0.05) is 0 Å². The van der Waals surface area contributed by atoms with E-state index in [2.05, 4.69) is 26.3 Å². The first-order valence-electron chi connectivity index (χ1n) is 10.2. The molecule has 29 heavy (non-hydrogen) atoms. The zero-order valence-corrected chi connectivity index (χ0v) is 16.8. The molecule has 150 valence electrons. The fourth-order valence-electron chi connectivity index (χ4n) is 4.30. The van der Waals surface area contributed by atoms with Crippen LogP contribution < -0.4 is 10.2 Å². The Morgan fingerprint density at radius 1 is 1.07 bits per heavy atom. The van der Waals surface area contributed by atoms with E-state index >= 15 is 0 Å². The molecule has 1 aliphatic rings. The number of rotatable bonds is 5. The van der Waals surface area contributed by atoms with Gasteiger partial charge in [-0.2, -0.15) is 9.97 Å². The Morgan fingerprint density at radius 2 is 1.90 bits per heavy atom. The number of aromatic amines is 2. The lowest BCUT2D eigenvalue weighted by atomic mass is 10.1. The molecule has 7 heteroatoms. The maximum Gasteiger partial charge on any atom is 0.229 e. The quantitative estimate of drug-likeness (QED) is 0.469. The van der Waals surface area contributed by atoms with Crippen molar-refractivity contribution in [1.29, 1.82) is 0 Å². The highest BCUT2D eigenvalue weighted by atomic mass is 19.1. The lowest BCUT2D eigenvalue weighted by Crippen LogP contribution is -2.21. The second-order valence-corrected chi connectivity index (χ2v) is 7.88. The third-order valence-corrected chi connectivity index (χ3v) is 5.75. The summed E-state index contributed by atoms with van der Waals surface area (Å²) in [5.74, 6) is 1.43. The maximum absolute atomic E-state index is 13.7. The van der Waals surface area contributed by atoms with E-state index in [1.165, 1.54) is 18.9 Å². The summed E-state index contributed by atoms with van der Waals surface area (Å²) in [4.78, 5) is 18.5. The molecule has 0 unspecified atom stereocenters. The minimum absolute atomic E-state index is 0.207. The van der Waals surface area contributed by atoms with Gasteiger partial charge in [-0.15, -0.1) is 0 Å². The van der Waals surface area contributed by atoms with Crippen LogP contribution in [0.15, 0.2) is 24.3 Å². The van der Waals surface area contributed by atoms with Crippen molar-refractivity contribution in [3.63, 3.8) is 0 Å². The van der Waals surface area contributed by atoms with Gasteiger partial charge < -0.3 is 20.2 Å². The van der Waals surface area contributed by atoms with Crippen LogP contribution in [0.25, 0.3) is 21.9 Å². The zero-order chi connectivity index (χ0) is 20.0. The Morgan fingerprint density at radius 3 is 2.72 bits per heavy atom. The maximum atomic E-state index is 13.7. The largest absolute Gasteiger partial charge is 0.369 e. The molecule has 1 aliphatic heterocycles. The van der Waals surface area contributed by atoms with E-state index in [0.29, 0.717) is 6.54 Å². The van der Waals surface area contributed by atoms with Crippen LogP contribution in [0.5, 0.6) is 0 Å². The van der Waals surface area contributed by atoms with Crippen molar-refractivity contribution in [2.45, 2.75) is 33.1 Å². The molecule has 1 aromatic carbocycles. The molecule has 6 nitrogen and oxygen atoms in total. The van der Waals surface area contributed by atoms with Gasteiger partial charge in [0, 0.05) is 41.9 Å². The van der Waals surface area contributed by atoms with E-state index in [0.717, 1.165) is 70.2 Å². The molecule has 4 aromatic rings. The van der Waals surface area contributed by atoms with Crippen molar-refractivity contribution < 1.29 is 4.39 Å². The number of aromatic nitrogens is 4. The van der Waals surface area contributed by atoms with E-state index in [4.69, 9.17) is 9.97 Å². The molecule has 0 spiro atoms. The van der Waals surface area contributed by atoms with Crippen LogP contribution in [0.2, 0.25) is 0 Å². The fourth-order valence-corrected chi connectivity index (χ4v) is 4.30. The molecular formula is C22H25FN6. The number of nitrogens with zero attached hydrogens (tertiary/aromatic N) is 3. The molecule has 0 amide bonds. The van der Waals surface area contributed by atoms with Gasteiger partial charge in [0.15, 0.2) is 0 Å². The number of anilines is 2. The summed E-state index contributed by atoms with van der Waals surface area (Å²) >= 11 is 0. The van der Waals surface area contributed by atoms with Gasteiger partial charge in [0.1, 0.15) is 17.3 Å². The number of H-pyrrole nitrogens is 2. The van der Waals surface area contributed by atoms with Crippen molar-refractivity contribution in [2.75, 3.05) is 29.9 Å². The number of aryl methyl sites for hydroxylation is 2. The third-order valence-electron chi connectivity index (χ3n) is 5.75. The number of hydrogen-bond acceptors (Lipinski definition) is 4. The third kappa shape index (κ3) is 3.30. The normalized spacial score (nSPS) is 14.4. The molecule has 4 heterocycles. The average Bonchev–Trinajstić information content (AvgIpc) is 3.41. The number of hydrogen-bond donors (Lipinski definition) is 3. The average molecular weight is 392 g/mol. The van der Waals surface area contributed by atoms with Crippen LogP contribution in [0, 0.1) is 19.7 Å². The summed E-state index contributed by atoms with van der Waals surface area (Å²) in [7, 11) is 0. The molecule has 1 fully saturated rings. The smallest absolute Gasteiger partial charge is 0.229 e. The number of benzene rings is 1. The van der Waals surface area contributed by atoms with Crippen molar-refractivity contribution >= 4 is 33.7 Å². The van der Waals surface area contributed by atoms with Crippen LogP contribution in [0.3, 0.4) is 0 Å². The Balaban J connectivity index is 1.42. The Labute approximate surface area is 168 Å². The number of fused-ring (bicyclic) bond motifs is 2. The second kappa shape index (κ2) is 7.06. The van der Waals surface area contributed by atoms with Gasteiger partial charge in [-0.25, -0.2) is 4.39 Å². The Bertz CT molecular complexity index is 1190. The molecule has 3 N–H and O–H groups in total. The summed E-state index contributed by atoms with van der Waals surface area (Å²) in [6.45, 7) is 6.79. The van der Waals surface area contributed by atoms with E-state index in [1.54, 1.807) is 12.1 Å². The monoisotopic (exact) mass is 392 g/mol. The van der Waals surface area contributed by atoms with Gasteiger partial charge >= 0.3 is 0 Å². The SMILES string of the molecule is Cc1cc2c(NCCc3c(C)[nH]c4ccc(F)cc34)nc(N3CCCC3)nc2[nH]1. The van der Waals surface area contributed by atoms with Crippen LogP contribution in [-0.4, -0.2) is 39.6 Å². The minimum Gasteiger partial charge on any atom is -0.369 e. The van der Waals surface area contributed by atoms with Crippen molar-refractivity contribution in [1.82, 2.24) is 19.9 Å². The lowest BCUT2D eigenvalue weighted by Gasteiger charge is -2.16. The summed E-state index contributed by atoms with van der Waals surface area (Å²) < 4.78 is 13.7. The van der Waals surface area contributed by atoms with E-state index in [-0.39, 0.29) is 5.82 Å². The van der Waals surface area contributed by atoms with Crippen molar-refractivity contribution in [3.05, 3.63) is 47.0 Å². The lowest BCUT2D eigenvalue weighted by molar-refractivity contribution is 0.629. The van der Waals surface area contributed by atoms with Crippen molar-refractivity contribution in [2.24, 2.45) is 0 Å². The molecular weight excluding hydrogens is 367 g/mol. The van der Waals surface area contributed by atoms with Gasteiger partial charge in [-0.3, -0.25) is 0 Å². The highest BCUT2D eigenvalue weighted by molar-refractivity contribution is 5.89. The molecule has 0 atom stereocenters. The van der Waals surface area contributed by atoms with Gasteiger partial charge in [0.2, 0.25) is 5.95 Å². The summed E-state index contributed by atoms with van der Waals surface area (Å²) in [5.41, 5.74) is 5.13. The Kier molecular flexibility index (Phi) is 4.38. The van der Waals surface area contributed by atoms with Crippen LogP contribution in [-0.2, 0) is 6.42 Å². The Hall–Kier alpha value is -3.09. The van der Waals surface area contributed by atoms with Crippen molar-refractivity contribution in [3.8, 4) is 0 Å². The first-order valence-corrected chi connectivity index (χ1v) is 10.2. The molecule has 1 saturated heterocycles. The van der Waals surface area contributed by atoms with Crippen LogP contribution in [0.1, 0.15) is 29.8 Å². The molecule has 0 bridgehead atoms. The molecule has 0 aliphatic carbocycles. The predicted octanol–water partition coefficient (Wildman–Crippen LogP) is 4.45. The first-order chi connectivity index (χ1) is 14.1. The minimum atomic E-state index is -0.207. The highest BCUT2D eigenvalue weighted by Crippen LogP contribution is 2.27. The number of halogens is 1.